The second-order valence-corrected chi connectivity index (χ2v) is 9.21. The number of carbonyl (C=O) groups is 3. The summed E-state index contributed by atoms with van der Waals surface area (Å²) < 4.78 is 5.86. The molecule has 8 nitrogen and oxygen atoms in total. The van der Waals surface area contributed by atoms with Gasteiger partial charge in [0.05, 0.1) is 0 Å². The number of hydrogen-bond donors (Lipinski definition) is 2. The highest BCUT2D eigenvalue weighted by molar-refractivity contribution is 5.88. The average molecular weight is 481 g/mol. The summed E-state index contributed by atoms with van der Waals surface area (Å²) >= 11 is 0. The molecule has 1 aliphatic rings. The molecule has 1 fully saturated rings. The van der Waals surface area contributed by atoms with Crippen LogP contribution in [0.4, 0.5) is 0 Å². The molecule has 1 heterocycles. The fraction of sp³-hybridized carbons (Fsp3) is 0.444. The highest BCUT2D eigenvalue weighted by atomic mass is 16.5. The Bertz CT molecular complexity index is 972. The van der Waals surface area contributed by atoms with E-state index in [9.17, 15) is 14.4 Å². The number of benzene rings is 2. The van der Waals surface area contributed by atoms with E-state index in [0.717, 1.165) is 30.0 Å². The zero-order valence-electron chi connectivity index (χ0n) is 20.6. The Balaban J connectivity index is 1.63. The van der Waals surface area contributed by atoms with Crippen molar-refractivity contribution in [2.24, 2.45) is 11.7 Å². The van der Waals surface area contributed by atoms with Crippen LogP contribution in [0.3, 0.4) is 0 Å². The molecular formula is C27H36N4O4. The monoisotopic (exact) mass is 480 g/mol. The Morgan fingerprint density at radius 2 is 1.63 bits per heavy atom. The van der Waals surface area contributed by atoms with Crippen LogP contribution in [0.25, 0.3) is 0 Å². The number of primary amides is 1. The lowest BCUT2D eigenvalue weighted by molar-refractivity contribution is -0.138. The summed E-state index contributed by atoms with van der Waals surface area (Å²) in [7, 11) is 2.03. The standard InChI is InChI=1S/C27H36N4O4/c1-20(26(28)33)8-13-25(32)29-24(27(34)31-16-14-30(2)15-17-31)18-21-9-11-23(12-10-21)35-19-22-6-4-3-5-7-22/h3-7,9-12,20,24H,8,13-19H2,1-2H3,(H2,28,33)(H,29,32). The SMILES string of the molecule is CC(CCC(=O)NC(Cc1ccc(OCc2ccccc2)cc1)C(=O)N1CCN(C)CC1)C(N)=O. The van der Waals surface area contributed by atoms with Crippen LogP contribution in [0.15, 0.2) is 54.6 Å². The lowest BCUT2D eigenvalue weighted by Gasteiger charge is -2.35. The molecule has 0 bridgehead atoms. The quantitative estimate of drug-likeness (QED) is 0.512. The molecule has 2 aromatic rings. The second kappa shape index (κ2) is 12.9. The molecule has 0 radical (unpaired) electrons. The summed E-state index contributed by atoms with van der Waals surface area (Å²) in [6.45, 7) is 5.04. The third-order valence-corrected chi connectivity index (χ3v) is 6.35. The summed E-state index contributed by atoms with van der Waals surface area (Å²) in [5.74, 6) is -0.426. The Labute approximate surface area is 207 Å². The average Bonchev–Trinajstić information content (AvgIpc) is 2.87. The third-order valence-electron chi connectivity index (χ3n) is 6.35. The number of nitrogens with one attached hydrogen (secondary N) is 1. The van der Waals surface area contributed by atoms with Gasteiger partial charge in [-0.1, -0.05) is 49.4 Å². The number of carbonyl (C=O) groups excluding carboxylic acids is 3. The van der Waals surface area contributed by atoms with Gasteiger partial charge in [-0.3, -0.25) is 14.4 Å². The van der Waals surface area contributed by atoms with E-state index < -0.39 is 17.9 Å². The molecular weight excluding hydrogens is 444 g/mol. The predicted molar refractivity (Wildman–Crippen MR) is 135 cm³/mol. The third kappa shape index (κ3) is 8.40. The van der Waals surface area contributed by atoms with Crippen molar-refractivity contribution >= 4 is 17.7 Å². The highest BCUT2D eigenvalue weighted by Gasteiger charge is 2.28. The van der Waals surface area contributed by atoms with Gasteiger partial charge < -0.3 is 25.6 Å². The molecule has 2 atom stereocenters. The van der Waals surface area contributed by atoms with Gasteiger partial charge in [-0.15, -0.1) is 0 Å². The zero-order chi connectivity index (χ0) is 25.2. The lowest BCUT2D eigenvalue weighted by atomic mass is 10.0. The molecule has 0 spiro atoms. The molecule has 2 aromatic carbocycles. The van der Waals surface area contributed by atoms with Gasteiger partial charge >= 0.3 is 0 Å². The number of ether oxygens (including phenoxy) is 1. The van der Waals surface area contributed by atoms with Gasteiger partial charge in [0.25, 0.3) is 0 Å². The number of nitrogens with two attached hydrogens (primary N) is 1. The van der Waals surface area contributed by atoms with Crippen LogP contribution in [0, 0.1) is 5.92 Å². The Hall–Kier alpha value is -3.39. The van der Waals surface area contributed by atoms with Gasteiger partial charge in [-0.05, 0) is 36.7 Å². The molecule has 35 heavy (non-hydrogen) atoms. The molecule has 188 valence electrons. The van der Waals surface area contributed by atoms with Crippen LogP contribution in [0.5, 0.6) is 5.75 Å². The fourth-order valence-corrected chi connectivity index (χ4v) is 3.90. The molecule has 1 saturated heterocycles. The van der Waals surface area contributed by atoms with Crippen LogP contribution in [0.2, 0.25) is 0 Å². The summed E-state index contributed by atoms with van der Waals surface area (Å²) in [4.78, 5) is 41.2. The van der Waals surface area contributed by atoms with E-state index in [1.54, 1.807) is 6.92 Å². The van der Waals surface area contributed by atoms with E-state index in [4.69, 9.17) is 10.5 Å². The maximum atomic E-state index is 13.3. The van der Waals surface area contributed by atoms with Crippen LogP contribution < -0.4 is 15.8 Å². The minimum Gasteiger partial charge on any atom is -0.489 e. The van der Waals surface area contributed by atoms with E-state index in [0.29, 0.717) is 32.5 Å². The van der Waals surface area contributed by atoms with E-state index in [1.165, 1.54) is 0 Å². The van der Waals surface area contributed by atoms with Gasteiger partial charge in [-0.2, -0.15) is 0 Å². The molecule has 0 aliphatic carbocycles. The van der Waals surface area contributed by atoms with Crippen molar-refractivity contribution < 1.29 is 19.1 Å². The Morgan fingerprint density at radius 1 is 0.971 bits per heavy atom. The van der Waals surface area contributed by atoms with E-state index >= 15 is 0 Å². The summed E-state index contributed by atoms with van der Waals surface area (Å²) in [5.41, 5.74) is 7.32. The van der Waals surface area contributed by atoms with Crippen molar-refractivity contribution in [2.75, 3.05) is 33.2 Å². The molecule has 3 rings (SSSR count). The van der Waals surface area contributed by atoms with Gasteiger partial charge in [-0.25, -0.2) is 0 Å². The Morgan fingerprint density at radius 3 is 2.26 bits per heavy atom. The minimum absolute atomic E-state index is 0.0844. The van der Waals surface area contributed by atoms with Crippen LogP contribution in [0.1, 0.15) is 30.9 Å². The van der Waals surface area contributed by atoms with Crippen molar-refractivity contribution in [1.82, 2.24) is 15.1 Å². The van der Waals surface area contributed by atoms with Gasteiger partial charge in [0.15, 0.2) is 0 Å². The summed E-state index contributed by atoms with van der Waals surface area (Å²) in [6.07, 6.45) is 0.869. The molecule has 3 amide bonds. The molecule has 1 aliphatic heterocycles. The van der Waals surface area contributed by atoms with Gasteiger partial charge in [0, 0.05) is 44.9 Å². The number of nitrogens with zero attached hydrogens (tertiary/aromatic N) is 2. The highest BCUT2D eigenvalue weighted by Crippen LogP contribution is 2.17. The number of hydrogen-bond acceptors (Lipinski definition) is 5. The lowest BCUT2D eigenvalue weighted by Crippen LogP contribution is -2.55. The van der Waals surface area contributed by atoms with Crippen molar-refractivity contribution in [2.45, 2.75) is 38.8 Å². The maximum Gasteiger partial charge on any atom is 0.245 e. The van der Waals surface area contributed by atoms with E-state index in [2.05, 4.69) is 10.2 Å². The largest absolute Gasteiger partial charge is 0.489 e. The second-order valence-electron chi connectivity index (χ2n) is 9.21. The van der Waals surface area contributed by atoms with Crippen molar-refractivity contribution in [3.63, 3.8) is 0 Å². The zero-order valence-corrected chi connectivity index (χ0v) is 20.6. The molecule has 0 saturated carbocycles. The summed E-state index contributed by atoms with van der Waals surface area (Å²) in [5, 5.41) is 2.90. The molecule has 8 heteroatoms. The van der Waals surface area contributed by atoms with E-state index in [1.807, 2.05) is 66.5 Å². The molecule has 0 aromatic heterocycles. The normalized spacial score (nSPS) is 15.8. The molecule has 2 unspecified atom stereocenters. The van der Waals surface area contributed by atoms with Crippen LogP contribution in [-0.4, -0.2) is 66.8 Å². The number of likely N-dealkylation sites (N-methyl/N-ethyl adjacent to an activating group) is 1. The number of amides is 3. The first-order valence-corrected chi connectivity index (χ1v) is 12.1. The van der Waals surface area contributed by atoms with Crippen molar-refractivity contribution in [3.8, 4) is 5.75 Å². The molecule has 3 N–H and O–H groups in total. The fourth-order valence-electron chi connectivity index (χ4n) is 3.90. The minimum atomic E-state index is -0.675. The van der Waals surface area contributed by atoms with Crippen LogP contribution >= 0.6 is 0 Å². The first-order chi connectivity index (χ1) is 16.8. The number of piperazine rings is 1. The van der Waals surface area contributed by atoms with Crippen LogP contribution in [-0.2, 0) is 27.4 Å². The van der Waals surface area contributed by atoms with Gasteiger partial charge in [0.1, 0.15) is 18.4 Å². The van der Waals surface area contributed by atoms with Crippen molar-refractivity contribution in [1.29, 1.82) is 0 Å². The first kappa shape index (κ1) is 26.2. The Kier molecular flexibility index (Phi) is 9.66. The topological polar surface area (TPSA) is 105 Å². The van der Waals surface area contributed by atoms with Gasteiger partial charge in [0.2, 0.25) is 17.7 Å². The van der Waals surface area contributed by atoms with E-state index in [-0.39, 0.29) is 18.2 Å². The van der Waals surface area contributed by atoms with Crippen molar-refractivity contribution in [3.05, 3.63) is 65.7 Å². The summed E-state index contributed by atoms with van der Waals surface area (Å²) in [6, 6.07) is 16.9. The number of rotatable bonds is 11. The first-order valence-electron chi connectivity index (χ1n) is 12.1. The maximum absolute atomic E-state index is 13.3. The predicted octanol–water partition coefficient (Wildman–Crippen LogP) is 1.97. The smallest absolute Gasteiger partial charge is 0.245 e.